The van der Waals surface area contributed by atoms with Gasteiger partial charge in [-0.2, -0.15) is 0 Å². The molecule has 0 amide bonds. The number of allylic oxidation sites excluding steroid dienone is 10. The lowest BCUT2D eigenvalue weighted by molar-refractivity contribution is -0.870. The van der Waals surface area contributed by atoms with Crippen LogP contribution in [0.15, 0.2) is 60.8 Å². The van der Waals surface area contributed by atoms with Gasteiger partial charge in [0.05, 0.1) is 40.3 Å². The van der Waals surface area contributed by atoms with Gasteiger partial charge in [-0.3, -0.25) is 9.59 Å². The topological polar surface area (TPSA) is 111 Å². The molecule has 0 aromatic carbocycles. The van der Waals surface area contributed by atoms with Crippen LogP contribution in [0, 0.1) is 0 Å². The third kappa shape index (κ3) is 62.4. The highest BCUT2D eigenvalue weighted by atomic mass is 16.7. The van der Waals surface area contributed by atoms with Crippen LogP contribution in [0.3, 0.4) is 0 Å². The lowest BCUT2D eigenvalue weighted by Gasteiger charge is -2.26. The number of aliphatic carboxylic acids is 1. The van der Waals surface area contributed by atoms with Crippen LogP contribution < -0.4 is 5.11 Å². The SMILES string of the molecule is CC/C=C\C/C=C\C/C=C\C/C=C\C/C=C\CCCCCCCCCCCCCCCC(=O)OC(COC(=O)CCCCCCCCCCCCCCCCCCCCCCCCCCC)COC(OCC[N+](C)(C)C)C(=O)[O-]. The summed E-state index contributed by atoms with van der Waals surface area (Å²) in [5.74, 6) is -2.27. The monoisotopic (exact) mass is 1110 g/mol. The van der Waals surface area contributed by atoms with Crippen molar-refractivity contribution in [1.29, 1.82) is 0 Å². The van der Waals surface area contributed by atoms with Gasteiger partial charge in [0.15, 0.2) is 12.4 Å². The first-order chi connectivity index (χ1) is 38.6. The van der Waals surface area contributed by atoms with E-state index >= 15 is 0 Å². The van der Waals surface area contributed by atoms with E-state index in [2.05, 4.69) is 74.6 Å². The molecule has 2 atom stereocenters. The van der Waals surface area contributed by atoms with Gasteiger partial charge in [-0.25, -0.2) is 0 Å². The number of carboxylic acid groups (broad SMARTS) is 1. The molecule has 0 rings (SSSR count). The number of carboxylic acids is 1. The molecule has 0 heterocycles. The van der Waals surface area contributed by atoms with Crippen molar-refractivity contribution in [3.05, 3.63) is 60.8 Å². The molecule has 0 spiro atoms. The predicted molar refractivity (Wildman–Crippen MR) is 334 cm³/mol. The Morgan fingerprint density at radius 1 is 0.392 bits per heavy atom. The van der Waals surface area contributed by atoms with Crippen LogP contribution in [0.2, 0.25) is 0 Å². The van der Waals surface area contributed by atoms with Crippen LogP contribution in [0.1, 0.15) is 309 Å². The summed E-state index contributed by atoms with van der Waals surface area (Å²) in [6.45, 7) is 4.68. The molecule has 2 unspecified atom stereocenters. The Bertz CT molecular complexity index is 1480. The maximum Gasteiger partial charge on any atom is 0.306 e. The number of carbonyl (C=O) groups excluding carboxylic acids is 3. The van der Waals surface area contributed by atoms with E-state index in [1.165, 1.54) is 205 Å². The molecule has 460 valence electrons. The number of carbonyl (C=O) groups is 3. The van der Waals surface area contributed by atoms with E-state index in [9.17, 15) is 19.5 Å². The number of unbranched alkanes of at least 4 members (excludes halogenated alkanes) is 37. The fourth-order valence-electron chi connectivity index (χ4n) is 9.68. The minimum absolute atomic E-state index is 0.148. The lowest BCUT2D eigenvalue weighted by Crippen LogP contribution is -2.44. The zero-order valence-corrected chi connectivity index (χ0v) is 52.5. The smallest absolute Gasteiger partial charge is 0.306 e. The summed E-state index contributed by atoms with van der Waals surface area (Å²) in [5.41, 5.74) is 0. The van der Waals surface area contributed by atoms with Gasteiger partial charge in [-0.1, -0.05) is 299 Å². The highest BCUT2D eigenvalue weighted by Gasteiger charge is 2.22. The van der Waals surface area contributed by atoms with Crippen molar-refractivity contribution in [3.8, 4) is 0 Å². The molecule has 0 aromatic heterocycles. The Balaban J connectivity index is 4.13. The van der Waals surface area contributed by atoms with E-state index < -0.39 is 24.3 Å². The summed E-state index contributed by atoms with van der Waals surface area (Å²) >= 11 is 0. The zero-order valence-electron chi connectivity index (χ0n) is 52.5. The molecule has 0 aromatic rings. The van der Waals surface area contributed by atoms with E-state index in [0.717, 1.165) is 70.6 Å². The van der Waals surface area contributed by atoms with Crippen molar-refractivity contribution in [1.82, 2.24) is 0 Å². The number of ether oxygens (including phenoxy) is 4. The number of hydrogen-bond donors (Lipinski definition) is 0. The van der Waals surface area contributed by atoms with Crippen LogP contribution in [-0.2, 0) is 33.3 Å². The first-order valence-corrected chi connectivity index (χ1v) is 33.4. The molecular formula is C70H127NO8. The summed E-state index contributed by atoms with van der Waals surface area (Å²) in [5, 5.41) is 11.8. The molecule has 0 aliphatic rings. The first kappa shape index (κ1) is 76.0. The van der Waals surface area contributed by atoms with Crippen molar-refractivity contribution in [2.45, 2.75) is 322 Å². The van der Waals surface area contributed by atoms with E-state index in [0.29, 0.717) is 23.9 Å². The Labute approximate surface area is 488 Å². The highest BCUT2D eigenvalue weighted by molar-refractivity contribution is 5.70. The largest absolute Gasteiger partial charge is 0.545 e. The van der Waals surface area contributed by atoms with Gasteiger partial charge in [-0.05, 0) is 57.8 Å². The minimum atomic E-state index is -1.62. The summed E-state index contributed by atoms with van der Waals surface area (Å²) in [6, 6.07) is 0. The van der Waals surface area contributed by atoms with Crippen molar-refractivity contribution in [3.63, 3.8) is 0 Å². The third-order valence-electron chi connectivity index (χ3n) is 14.8. The standard InChI is InChI=1S/C70H127NO8/c1-6-8-10-12-14-16-18-20-22-24-26-28-30-32-33-34-35-37-39-41-43-45-47-49-51-53-55-57-59-61-68(73)79-66(65-78-70(69(74)75)76-63-62-71(3,4)5)64-77-67(72)60-58-56-54-52-50-48-46-44-42-40-38-36-31-29-27-25-23-21-19-17-15-13-11-9-7-2/h8,10,14,16,20,22,26,28,32-33,66,70H,6-7,9,11-13,15,17-19,21,23-25,27,29-31,34-65H2,1-5H3/b10-8-,16-14-,22-20-,28-26-,33-32-. The van der Waals surface area contributed by atoms with Gasteiger partial charge >= 0.3 is 11.9 Å². The molecule has 0 radical (unpaired) electrons. The van der Waals surface area contributed by atoms with Crippen LogP contribution in [0.4, 0.5) is 0 Å². The van der Waals surface area contributed by atoms with E-state index in [-0.39, 0.29) is 32.2 Å². The molecule has 0 fully saturated rings. The van der Waals surface area contributed by atoms with Crippen molar-refractivity contribution < 1.29 is 42.9 Å². The fraction of sp³-hybridized carbons (Fsp3) is 0.814. The molecule has 9 nitrogen and oxygen atoms in total. The van der Waals surface area contributed by atoms with Crippen LogP contribution in [-0.4, -0.2) is 82.3 Å². The van der Waals surface area contributed by atoms with Gasteiger partial charge in [0.25, 0.3) is 0 Å². The number of esters is 2. The molecule has 0 aliphatic carbocycles. The predicted octanol–water partition coefficient (Wildman–Crippen LogP) is 19.0. The summed E-state index contributed by atoms with van der Waals surface area (Å²) in [4.78, 5) is 37.4. The molecule has 0 saturated carbocycles. The van der Waals surface area contributed by atoms with Crippen molar-refractivity contribution in [2.24, 2.45) is 0 Å². The second-order valence-corrected chi connectivity index (χ2v) is 23.7. The van der Waals surface area contributed by atoms with Gasteiger partial charge < -0.3 is 33.3 Å². The fourth-order valence-corrected chi connectivity index (χ4v) is 9.68. The van der Waals surface area contributed by atoms with Crippen LogP contribution >= 0.6 is 0 Å². The Hall–Kier alpha value is -3.01. The van der Waals surface area contributed by atoms with Crippen molar-refractivity contribution in [2.75, 3.05) is 47.5 Å². The average Bonchev–Trinajstić information content (AvgIpc) is 3.42. The van der Waals surface area contributed by atoms with E-state index in [4.69, 9.17) is 18.9 Å². The summed E-state index contributed by atoms with van der Waals surface area (Å²) in [7, 11) is 5.94. The summed E-state index contributed by atoms with van der Waals surface area (Å²) in [6.07, 6.45) is 75.8. The highest BCUT2D eigenvalue weighted by Crippen LogP contribution is 2.18. The molecule has 0 N–H and O–H groups in total. The van der Waals surface area contributed by atoms with E-state index in [1.807, 2.05) is 21.1 Å². The van der Waals surface area contributed by atoms with Gasteiger partial charge in [0, 0.05) is 12.8 Å². The zero-order chi connectivity index (χ0) is 57.6. The normalized spacial score (nSPS) is 13.1. The number of hydrogen-bond acceptors (Lipinski definition) is 8. The van der Waals surface area contributed by atoms with Crippen LogP contribution in [0.5, 0.6) is 0 Å². The number of nitrogens with zero attached hydrogens (tertiary/aromatic N) is 1. The minimum Gasteiger partial charge on any atom is -0.545 e. The Kier molecular flexibility index (Phi) is 58.7. The number of likely N-dealkylation sites (N-methyl/N-ethyl adjacent to an activating group) is 1. The quantitative estimate of drug-likeness (QED) is 0.0195. The Morgan fingerprint density at radius 3 is 1.08 bits per heavy atom. The summed E-state index contributed by atoms with van der Waals surface area (Å²) < 4.78 is 22.8. The number of quaternary nitrogens is 1. The molecule has 9 heteroatoms. The average molecular weight is 1110 g/mol. The maximum absolute atomic E-state index is 12.9. The van der Waals surface area contributed by atoms with Gasteiger partial charge in [0.2, 0.25) is 0 Å². The lowest BCUT2D eigenvalue weighted by atomic mass is 10.0. The first-order valence-electron chi connectivity index (χ1n) is 33.4. The van der Waals surface area contributed by atoms with E-state index in [1.54, 1.807) is 0 Å². The third-order valence-corrected chi connectivity index (χ3v) is 14.8. The molecule has 0 saturated heterocycles. The Morgan fingerprint density at radius 2 is 0.722 bits per heavy atom. The molecule has 0 bridgehead atoms. The number of rotatable bonds is 62. The second kappa shape index (κ2) is 61.1. The maximum atomic E-state index is 12.9. The van der Waals surface area contributed by atoms with Gasteiger partial charge in [-0.15, -0.1) is 0 Å². The van der Waals surface area contributed by atoms with Gasteiger partial charge in [0.1, 0.15) is 13.2 Å². The van der Waals surface area contributed by atoms with Crippen molar-refractivity contribution >= 4 is 17.9 Å². The molecule has 79 heavy (non-hydrogen) atoms. The molecular weight excluding hydrogens is 983 g/mol. The second-order valence-electron chi connectivity index (χ2n) is 23.7. The molecule has 0 aliphatic heterocycles. The van der Waals surface area contributed by atoms with Crippen LogP contribution in [0.25, 0.3) is 0 Å².